The van der Waals surface area contributed by atoms with Crippen molar-refractivity contribution in [3.63, 3.8) is 0 Å². The van der Waals surface area contributed by atoms with Gasteiger partial charge in [0.2, 0.25) is 0 Å². The molecule has 2 bridgehead atoms. The number of ether oxygens (including phenoxy) is 1. The molecule has 1 saturated heterocycles. The summed E-state index contributed by atoms with van der Waals surface area (Å²) in [5, 5.41) is 0. The Kier molecular flexibility index (Phi) is 3.69. The first kappa shape index (κ1) is 14.4. The summed E-state index contributed by atoms with van der Waals surface area (Å²) in [6.07, 6.45) is 2.19. The smallest absolute Gasteiger partial charge is 0.406 e. The van der Waals surface area contributed by atoms with Gasteiger partial charge in [-0.2, -0.15) is 0 Å². The second-order valence-electron chi connectivity index (χ2n) is 5.79. The van der Waals surface area contributed by atoms with Crippen LogP contribution in [-0.4, -0.2) is 30.4 Å². The maximum Gasteiger partial charge on any atom is 0.573 e. The van der Waals surface area contributed by atoms with Crippen molar-refractivity contribution >= 4 is 5.57 Å². The van der Waals surface area contributed by atoms with E-state index in [0.29, 0.717) is 12.1 Å². The molecule has 0 amide bonds. The molecule has 0 N–H and O–H groups in total. The molecule has 1 aromatic carbocycles. The molecular formula is C16H18F3NO. The zero-order valence-electron chi connectivity index (χ0n) is 11.9. The molecule has 2 unspecified atom stereocenters. The lowest BCUT2D eigenvalue weighted by atomic mass is 9.81. The van der Waals surface area contributed by atoms with Crippen LogP contribution in [0.25, 0.3) is 5.57 Å². The molecule has 0 saturated carbocycles. The predicted molar refractivity (Wildman–Crippen MR) is 74.9 cm³/mol. The average Bonchev–Trinajstić information content (AvgIpc) is 2.37. The number of likely N-dealkylation sites (N-methyl/N-ethyl adjacent to an activating group) is 1. The maximum absolute atomic E-state index is 12.2. The topological polar surface area (TPSA) is 12.5 Å². The predicted octanol–water partition coefficient (Wildman–Crippen LogP) is 4.23. The van der Waals surface area contributed by atoms with Crippen LogP contribution in [0.1, 0.15) is 31.2 Å². The van der Waals surface area contributed by atoms with Gasteiger partial charge in [0.1, 0.15) is 5.75 Å². The molecule has 3 rings (SSSR count). The van der Waals surface area contributed by atoms with Crippen molar-refractivity contribution in [1.82, 2.24) is 4.90 Å². The van der Waals surface area contributed by atoms with Crippen LogP contribution in [0.4, 0.5) is 13.2 Å². The van der Waals surface area contributed by atoms with E-state index in [2.05, 4.69) is 22.8 Å². The monoisotopic (exact) mass is 296 g/mol. The Labute approximate surface area is 122 Å². The Bertz CT molecular complexity index is 535. The van der Waals surface area contributed by atoms with E-state index >= 15 is 0 Å². The first-order chi connectivity index (χ1) is 9.92. The fraction of sp³-hybridized carbons (Fsp3) is 0.500. The lowest BCUT2D eigenvalue weighted by molar-refractivity contribution is -0.274. The molecule has 0 spiro atoms. The maximum atomic E-state index is 12.2. The van der Waals surface area contributed by atoms with Gasteiger partial charge in [-0.15, -0.1) is 13.2 Å². The molecule has 2 atom stereocenters. The highest BCUT2D eigenvalue weighted by atomic mass is 19.4. The zero-order chi connectivity index (χ0) is 15.0. The molecule has 0 aliphatic carbocycles. The Morgan fingerprint density at radius 1 is 1.14 bits per heavy atom. The Balaban J connectivity index is 1.78. The molecule has 0 aromatic heterocycles. The first-order valence-electron chi connectivity index (χ1n) is 7.21. The van der Waals surface area contributed by atoms with Crippen molar-refractivity contribution in [3.05, 3.63) is 35.9 Å². The fourth-order valence-electron chi connectivity index (χ4n) is 3.33. The highest BCUT2D eigenvalue weighted by Gasteiger charge is 2.32. The van der Waals surface area contributed by atoms with Crippen molar-refractivity contribution in [2.45, 2.75) is 44.1 Å². The van der Waals surface area contributed by atoms with Gasteiger partial charge < -0.3 is 4.74 Å². The summed E-state index contributed by atoms with van der Waals surface area (Å²) in [5.74, 6) is -0.167. The third-order valence-corrected chi connectivity index (χ3v) is 4.44. The number of halogens is 3. The van der Waals surface area contributed by atoms with E-state index < -0.39 is 6.36 Å². The van der Waals surface area contributed by atoms with Gasteiger partial charge >= 0.3 is 6.36 Å². The summed E-state index contributed by atoms with van der Waals surface area (Å²) in [5.41, 5.74) is 2.23. The second-order valence-corrected chi connectivity index (χ2v) is 5.79. The molecule has 5 heteroatoms. The van der Waals surface area contributed by atoms with E-state index in [1.807, 2.05) is 0 Å². The van der Waals surface area contributed by atoms with E-state index in [9.17, 15) is 13.2 Å². The molecule has 0 radical (unpaired) electrons. The Morgan fingerprint density at radius 2 is 1.86 bits per heavy atom. The molecule has 1 aromatic rings. The minimum Gasteiger partial charge on any atom is -0.406 e. The number of nitrogens with zero attached hydrogens (tertiary/aromatic N) is 1. The van der Waals surface area contributed by atoms with E-state index in [1.54, 1.807) is 12.1 Å². The lowest BCUT2D eigenvalue weighted by Crippen LogP contribution is -2.45. The third kappa shape index (κ3) is 3.23. The number of alkyl halides is 3. The minimum atomic E-state index is -4.63. The average molecular weight is 296 g/mol. The molecule has 2 nitrogen and oxygen atoms in total. The van der Waals surface area contributed by atoms with Gasteiger partial charge in [0.25, 0.3) is 0 Å². The molecule has 1 fully saturated rings. The number of benzene rings is 1. The molecule has 114 valence electrons. The van der Waals surface area contributed by atoms with Crippen LogP contribution >= 0.6 is 0 Å². The minimum absolute atomic E-state index is 0.167. The van der Waals surface area contributed by atoms with Crippen LogP contribution in [-0.2, 0) is 0 Å². The number of hydrogen-bond acceptors (Lipinski definition) is 2. The van der Waals surface area contributed by atoms with Gasteiger partial charge in [-0.25, -0.2) is 0 Å². The van der Waals surface area contributed by atoms with Gasteiger partial charge in [0.15, 0.2) is 0 Å². The van der Waals surface area contributed by atoms with Crippen molar-refractivity contribution in [1.29, 1.82) is 0 Å². The highest BCUT2D eigenvalue weighted by Crippen LogP contribution is 2.36. The Hall–Kier alpha value is -1.49. The quantitative estimate of drug-likeness (QED) is 0.810. The van der Waals surface area contributed by atoms with Crippen LogP contribution < -0.4 is 4.74 Å². The van der Waals surface area contributed by atoms with Crippen LogP contribution in [0, 0.1) is 0 Å². The number of piperidine rings is 1. The van der Waals surface area contributed by atoms with Crippen molar-refractivity contribution in [3.8, 4) is 5.75 Å². The first-order valence-corrected chi connectivity index (χ1v) is 7.21. The summed E-state index contributed by atoms with van der Waals surface area (Å²) in [7, 11) is 2.15. The van der Waals surface area contributed by atoms with Gasteiger partial charge in [-0.05, 0) is 49.6 Å². The number of rotatable bonds is 2. The number of fused-ring (bicyclic) bond motifs is 2. The SMILES string of the molecule is [11CH3]N1C2C=C(c3ccc(OC(F)(F)F)cc3)CC1CCC2. The second kappa shape index (κ2) is 5.37. The number of hydrogen-bond donors (Lipinski definition) is 0. The van der Waals surface area contributed by atoms with Crippen LogP contribution in [0.5, 0.6) is 5.75 Å². The van der Waals surface area contributed by atoms with Crippen LogP contribution in [0.15, 0.2) is 30.3 Å². The van der Waals surface area contributed by atoms with Gasteiger partial charge in [-0.1, -0.05) is 24.6 Å². The van der Waals surface area contributed by atoms with Crippen molar-refractivity contribution in [2.75, 3.05) is 7.05 Å². The zero-order valence-corrected chi connectivity index (χ0v) is 11.9. The van der Waals surface area contributed by atoms with Crippen LogP contribution in [0.2, 0.25) is 0 Å². The normalized spacial score (nSPS) is 26.4. The summed E-state index contributed by atoms with van der Waals surface area (Å²) in [6.45, 7) is 0. The van der Waals surface area contributed by atoms with Gasteiger partial charge in [0.05, 0.1) is 0 Å². The standard InChI is InChI=1S/C16H18F3NO/c1-20-13-3-2-4-14(20)10-12(9-13)11-5-7-15(8-6-11)21-16(17,18)19/h5-9,13-14H,2-4,10H2,1H3/i1-1. The van der Waals surface area contributed by atoms with Crippen molar-refractivity contribution in [2.24, 2.45) is 0 Å². The lowest BCUT2D eigenvalue weighted by Gasteiger charge is -2.42. The summed E-state index contributed by atoms with van der Waals surface area (Å²) >= 11 is 0. The summed E-state index contributed by atoms with van der Waals surface area (Å²) in [4.78, 5) is 2.41. The molecular weight excluding hydrogens is 278 g/mol. The van der Waals surface area contributed by atoms with Gasteiger partial charge in [0, 0.05) is 12.1 Å². The van der Waals surface area contributed by atoms with Crippen LogP contribution in [0.3, 0.4) is 0 Å². The largest absolute Gasteiger partial charge is 0.573 e. The Morgan fingerprint density at radius 3 is 2.48 bits per heavy atom. The summed E-state index contributed by atoms with van der Waals surface area (Å²) in [6, 6.07) is 7.21. The van der Waals surface area contributed by atoms with E-state index in [1.165, 1.54) is 30.5 Å². The molecule has 2 aliphatic rings. The fourth-order valence-corrected chi connectivity index (χ4v) is 3.33. The molecule has 21 heavy (non-hydrogen) atoms. The van der Waals surface area contributed by atoms with Crippen molar-refractivity contribution < 1.29 is 17.9 Å². The van der Waals surface area contributed by atoms with E-state index in [-0.39, 0.29) is 5.75 Å². The highest BCUT2D eigenvalue weighted by molar-refractivity contribution is 5.68. The summed E-state index contributed by atoms with van der Waals surface area (Å²) < 4.78 is 40.4. The molecule has 2 heterocycles. The third-order valence-electron chi connectivity index (χ3n) is 4.44. The van der Waals surface area contributed by atoms with E-state index in [0.717, 1.165) is 18.4 Å². The van der Waals surface area contributed by atoms with Gasteiger partial charge in [-0.3, -0.25) is 4.90 Å². The van der Waals surface area contributed by atoms with E-state index in [4.69, 9.17) is 0 Å². The molecule has 2 aliphatic heterocycles.